The first-order valence-corrected chi connectivity index (χ1v) is 7.04. The molecule has 5 atom stereocenters. The molecular formula is C13H26O6. The lowest BCUT2D eigenvalue weighted by Crippen LogP contribution is -2.59. The third kappa shape index (κ3) is 4.98. The smallest absolute Gasteiger partial charge is 0.186 e. The summed E-state index contributed by atoms with van der Waals surface area (Å²) in [7, 11) is 0. The summed E-state index contributed by atoms with van der Waals surface area (Å²) in [4.78, 5) is 0. The first-order chi connectivity index (χ1) is 9.11. The molecule has 0 aromatic heterocycles. The third-order valence-electron chi connectivity index (χ3n) is 3.38. The van der Waals surface area contributed by atoms with Crippen LogP contribution in [0.2, 0.25) is 0 Å². The monoisotopic (exact) mass is 278 g/mol. The summed E-state index contributed by atoms with van der Waals surface area (Å²) in [6.07, 6.45) is -0.471. The summed E-state index contributed by atoms with van der Waals surface area (Å²) in [6, 6.07) is 0. The molecule has 0 unspecified atom stereocenters. The Hall–Kier alpha value is -0.240. The van der Waals surface area contributed by atoms with Crippen LogP contribution in [0.25, 0.3) is 0 Å². The summed E-state index contributed by atoms with van der Waals surface area (Å²) in [5.74, 6) is 0. The van der Waals surface area contributed by atoms with Crippen molar-refractivity contribution in [3.63, 3.8) is 0 Å². The van der Waals surface area contributed by atoms with E-state index in [1.54, 1.807) is 0 Å². The van der Waals surface area contributed by atoms with E-state index in [-0.39, 0.29) is 0 Å². The van der Waals surface area contributed by atoms with Gasteiger partial charge in [0.05, 0.1) is 6.61 Å². The van der Waals surface area contributed by atoms with E-state index in [1.165, 1.54) is 12.8 Å². The molecule has 0 bridgehead atoms. The van der Waals surface area contributed by atoms with E-state index in [1.807, 2.05) is 0 Å². The molecule has 114 valence electrons. The zero-order chi connectivity index (χ0) is 14.3. The number of aliphatic hydroxyl groups excluding tert-OH is 4. The molecule has 1 aliphatic heterocycles. The number of aliphatic hydroxyl groups is 4. The van der Waals surface area contributed by atoms with Gasteiger partial charge in [0, 0.05) is 6.61 Å². The fourth-order valence-electron chi connectivity index (χ4n) is 2.11. The van der Waals surface area contributed by atoms with Gasteiger partial charge in [0.2, 0.25) is 0 Å². The second-order valence-corrected chi connectivity index (χ2v) is 4.98. The average molecular weight is 278 g/mol. The molecule has 0 aromatic carbocycles. The maximum Gasteiger partial charge on any atom is 0.186 e. The van der Waals surface area contributed by atoms with Gasteiger partial charge < -0.3 is 29.9 Å². The summed E-state index contributed by atoms with van der Waals surface area (Å²) in [5.41, 5.74) is 0. The minimum atomic E-state index is -1.36. The number of hydrogen-bond donors (Lipinski definition) is 4. The fourth-order valence-corrected chi connectivity index (χ4v) is 2.11. The fraction of sp³-hybridized carbons (Fsp3) is 1.00. The van der Waals surface area contributed by atoms with Crippen LogP contribution >= 0.6 is 0 Å². The minimum Gasteiger partial charge on any atom is -0.394 e. The molecule has 4 N–H and O–H groups in total. The lowest BCUT2D eigenvalue weighted by atomic mass is 9.99. The molecule has 0 amide bonds. The summed E-state index contributed by atoms with van der Waals surface area (Å²) in [5, 5.41) is 37.9. The molecule has 0 aliphatic carbocycles. The van der Waals surface area contributed by atoms with Crippen molar-refractivity contribution in [2.75, 3.05) is 13.2 Å². The SMILES string of the molecule is CCCCCCCO[C@H]1O[C@H](CO)[C@H](O)[C@H](O)[C@@H]1O. The Bertz CT molecular complexity index is 235. The van der Waals surface area contributed by atoms with E-state index in [2.05, 4.69) is 6.92 Å². The van der Waals surface area contributed by atoms with Gasteiger partial charge in [-0.25, -0.2) is 0 Å². The third-order valence-corrected chi connectivity index (χ3v) is 3.38. The van der Waals surface area contributed by atoms with E-state index < -0.39 is 37.3 Å². The average Bonchev–Trinajstić information content (AvgIpc) is 2.42. The zero-order valence-corrected chi connectivity index (χ0v) is 11.4. The van der Waals surface area contributed by atoms with Gasteiger partial charge in [-0.15, -0.1) is 0 Å². The van der Waals surface area contributed by atoms with Gasteiger partial charge in [0.25, 0.3) is 0 Å². The van der Waals surface area contributed by atoms with Crippen LogP contribution < -0.4 is 0 Å². The second kappa shape index (κ2) is 8.84. The first-order valence-electron chi connectivity index (χ1n) is 7.04. The van der Waals surface area contributed by atoms with Gasteiger partial charge >= 0.3 is 0 Å². The Balaban J connectivity index is 2.28. The van der Waals surface area contributed by atoms with Crippen LogP contribution in [-0.4, -0.2) is 64.3 Å². The van der Waals surface area contributed by atoms with Crippen molar-refractivity contribution in [3.05, 3.63) is 0 Å². The Morgan fingerprint density at radius 1 is 0.947 bits per heavy atom. The quantitative estimate of drug-likeness (QED) is 0.458. The molecule has 19 heavy (non-hydrogen) atoms. The van der Waals surface area contributed by atoms with E-state index >= 15 is 0 Å². The van der Waals surface area contributed by atoms with Crippen molar-refractivity contribution < 1.29 is 29.9 Å². The van der Waals surface area contributed by atoms with E-state index in [0.717, 1.165) is 19.3 Å². The van der Waals surface area contributed by atoms with Crippen molar-refractivity contribution >= 4 is 0 Å². The topological polar surface area (TPSA) is 99.4 Å². The predicted molar refractivity (Wildman–Crippen MR) is 68.5 cm³/mol. The highest BCUT2D eigenvalue weighted by molar-refractivity contribution is 4.88. The number of rotatable bonds is 8. The number of unbranched alkanes of at least 4 members (excludes halogenated alkanes) is 4. The molecule has 1 fully saturated rings. The summed E-state index contributed by atoms with van der Waals surface area (Å²) < 4.78 is 10.6. The summed E-state index contributed by atoms with van der Waals surface area (Å²) >= 11 is 0. The van der Waals surface area contributed by atoms with Crippen molar-refractivity contribution in [2.24, 2.45) is 0 Å². The molecular weight excluding hydrogens is 252 g/mol. The Labute approximate surface area is 114 Å². The van der Waals surface area contributed by atoms with E-state index in [9.17, 15) is 15.3 Å². The minimum absolute atomic E-state index is 0.423. The molecule has 1 rings (SSSR count). The lowest BCUT2D eigenvalue weighted by Gasteiger charge is -2.39. The second-order valence-electron chi connectivity index (χ2n) is 4.98. The van der Waals surface area contributed by atoms with Crippen LogP contribution in [0.1, 0.15) is 39.0 Å². The van der Waals surface area contributed by atoms with Gasteiger partial charge in [-0.05, 0) is 6.42 Å². The molecule has 6 nitrogen and oxygen atoms in total. The van der Waals surface area contributed by atoms with Crippen molar-refractivity contribution in [2.45, 2.75) is 69.7 Å². The Kier molecular flexibility index (Phi) is 7.82. The Morgan fingerprint density at radius 3 is 2.26 bits per heavy atom. The highest BCUT2D eigenvalue weighted by Crippen LogP contribution is 2.22. The van der Waals surface area contributed by atoms with E-state index in [4.69, 9.17) is 14.6 Å². The molecule has 0 radical (unpaired) electrons. The zero-order valence-electron chi connectivity index (χ0n) is 11.4. The maximum absolute atomic E-state index is 9.72. The Morgan fingerprint density at radius 2 is 1.63 bits per heavy atom. The molecule has 0 aromatic rings. The maximum atomic E-state index is 9.72. The summed E-state index contributed by atoms with van der Waals surface area (Å²) in [6.45, 7) is 2.14. The largest absolute Gasteiger partial charge is 0.394 e. The van der Waals surface area contributed by atoms with Crippen LogP contribution in [0.15, 0.2) is 0 Å². The van der Waals surface area contributed by atoms with Crippen LogP contribution in [0, 0.1) is 0 Å². The van der Waals surface area contributed by atoms with E-state index in [0.29, 0.717) is 6.61 Å². The molecule has 1 aliphatic rings. The van der Waals surface area contributed by atoms with Gasteiger partial charge in [-0.1, -0.05) is 32.6 Å². The normalized spacial score (nSPS) is 35.5. The van der Waals surface area contributed by atoms with Crippen molar-refractivity contribution in [1.82, 2.24) is 0 Å². The van der Waals surface area contributed by atoms with Crippen molar-refractivity contribution in [3.8, 4) is 0 Å². The number of ether oxygens (including phenoxy) is 2. The predicted octanol–water partition coefficient (Wildman–Crippen LogP) is -0.227. The molecule has 1 saturated heterocycles. The first kappa shape index (κ1) is 16.8. The highest BCUT2D eigenvalue weighted by Gasteiger charge is 2.43. The van der Waals surface area contributed by atoms with Gasteiger partial charge in [0.1, 0.15) is 24.4 Å². The molecule has 1 heterocycles. The standard InChI is InChI=1S/C13H26O6/c1-2-3-4-5-6-7-18-13-12(17)11(16)10(15)9(8-14)19-13/h9-17H,2-8H2,1H3/t9-,10+,11+,12+,13+/m1/s1. The van der Waals surface area contributed by atoms with Crippen LogP contribution in [0.5, 0.6) is 0 Å². The highest BCUT2D eigenvalue weighted by atomic mass is 16.7. The van der Waals surface area contributed by atoms with Crippen LogP contribution in [0.4, 0.5) is 0 Å². The van der Waals surface area contributed by atoms with Crippen LogP contribution in [0.3, 0.4) is 0 Å². The lowest BCUT2D eigenvalue weighted by molar-refractivity contribution is -0.301. The number of hydrogen-bond acceptors (Lipinski definition) is 6. The van der Waals surface area contributed by atoms with Gasteiger partial charge in [-0.2, -0.15) is 0 Å². The van der Waals surface area contributed by atoms with Gasteiger partial charge in [-0.3, -0.25) is 0 Å². The molecule has 0 spiro atoms. The van der Waals surface area contributed by atoms with Gasteiger partial charge in [0.15, 0.2) is 6.29 Å². The molecule has 6 heteroatoms. The van der Waals surface area contributed by atoms with Crippen molar-refractivity contribution in [1.29, 1.82) is 0 Å². The van der Waals surface area contributed by atoms with Crippen LogP contribution in [-0.2, 0) is 9.47 Å². The molecule has 0 saturated carbocycles.